The van der Waals surface area contributed by atoms with E-state index in [1.165, 1.54) is 6.33 Å². The zero-order valence-electron chi connectivity index (χ0n) is 29.7. The summed E-state index contributed by atoms with van der Waals surface area (Å²) in [4.78, 5) is 14.2. The third-order valence-corrected chi connectivity index (χ3v) is 14.9. The second-order valence-electron chi connectivity index (χ2n) is 14.0. The molecule has 0 amide bonds. The summed E-state index contributed by atoms with van der Waals surface area (Å²) in [6, 6.07) is 28.6. The van der Waals surface area contributed by atoms with E-state index in [0.717, 1.165) is 22.4 Å². The van der Waals surface area contributed by atoms with Crippen molar-refractivity contribution in [1.82, 2.24) is 19.5 Å². The summed E-state index contributed by atoms with van der Waals surface area (Å²) in [5, 5.41) is 15.5. The van der Waals surface area contributed by atoms with Gasteiger partial charge in [-0.25, -0.2) is 15.0 Å². The number of ether oxygens (including phenoxy) is 3. The van der Waals surface area contributed by atoms with Gasteiger partial charge in [0.25, 0.3) is 0 Å². The predicted octanol–water partition coefficient (Wildman–Crippen LogP) is 7.22. The molecule has 0 bridgehead atoms. The summed E-state index contributed by atoms with van der Waals surface area (Å²) < 4.78 is 26.5. The molecule has 4 atom stereocenters. The Morgan fingerprint density at radius 2 is 1.52 bits per heavy atom. The van der Waals surface area contributed by atoms with Gasteiger partial charge < -0.3 is 29.1 Å². The number of aliphatic hydroxyl groups is 1. The highest BCUT2D eigenvalue weighted by atomic mass is 32.2. The number of fused-ring (bicyclic) bond motifs is 1. The molecule has 10 nitrogen and oxygen atoms in total. The molecule has 0 aliphatic carbocycles. The van der Waals surface area contributed by atoms with Gasteiger partial charge in [-0.3, -0.25) is 4.57 Å². The molecule has 0 radical (unpaired) electrons. The van der Waals surface area contributed by atoms with Gasteiger partial charge in [0.15, 0.2) is 31.5 Å². The Kier molecular flexibility index (Phi) is 10.7. The van der Waals surface area contributed by atoms with Crippen LogP contribution in [-0.2, 0) is 19.4 Å². The highest BCUT2D eigenvalue weighted by molar-refractivity contribution is 7.98. The molecule has 5 aromatic rings. The van der Waals surface area contributed by atoms with E-state index in [1.807, 2.05) is 54.8 Å². The van der Waals surface area contributed by atoms with Gasteiger partial charge in [-0.1, -0.05) is 93.6 Å². The molecule has 0 unspecified atom stereocenters. The van der Waals surface area contributed by atoms with Crippen LogP contribution in [0.1, 0.15) is 43.7 Å². The predicted molar refractivity (Wildman–Crippen MR) is 201 cm³/mol. The number of nitrogens with zero attached hydrogens (tertiary/aromatic N) is 4. The van der Waals surface area contributed by atoms with Crippen molar-refractivity contribution in [2.24, 2.45) is 0 Å². The maximum atomic E-state index is 11.7. The Morgan fingerprint density at radius 3 is 2.10 bits per heavy atom. The van der Waals surface area contributed by atoms with Crippen LogP contribution in [0.5, 0.6) is 5.75 Å². The molecule has 264 valence electrons. The van der Waals surface area contributed by atoms with Crippen molar-refractivity contribution in [3.05, 3.63) is 114 Å². The summed E-state index contributed by atoms with van der Waals surface area (Å²) in [6.07, 6.45) is 2.29. The Balaban J connectivity index is 1.41. The third kappa shape index (κ3) is 6.92. The lowest BCUT2D eigenvalue weighted by Crippen LogP contribution is -2.45. The number of thioether (sulfide) groups is 1. The molecule has 0 spiro atoms. The minimum Gasteiger partial charge on any atom is -0.497 e. The minimum absolute atomic E-state index is 0.0284. The molecule has 1 saturated heterocycles. The molecule has 3 heterocycles. The van der Waals surface area contributed by atoms with Crippen LogP contribution < -0.4 is 10.1 Å². The highest BCUT2D eigenvalue weighted by Crippen LogP contribution is 2.42. The van der Waals surface area contributed by atoms with E-state index >= 15 is 0 Å². The molecular weight excluding hydrogens is 667 g/mol. The van der Waals surface area contributed by atoms with Crippen LogP contribution in [0.4, 0.5) is 5.82 Å². The summed E-state index contributed by atoms with van der Waals surface area (Å²) in [5.41, 5.74) is 3.19. The third-order valence-electron chi connectivity index (χ3n) is 9.98. The Bertz CT molecular complexity index is 1810. The monoisotopic (exact) mass is 713 g/mol. The van der Waals surface area contributed by atoms with Crippen molar-refractivity contribution in [2.75, 3.05) is 31.2 Å². The van der Waals surface area contributed by atoms with Crippen LogP contribution in [0.25, 0.3) is 11.2 Å². The molecule has 1 fully saturated rings. The lowest BCUT2D eigenvalue weighted by Gasteiger charge is -2.37. The lowest BCUT2D eigenvalue weighted by molar-refractivity contribution is -0.0522. The first-order valence-electron chi connectivity index (χ1n) is 16.8. The van der Waals surface area contributed by atoms with Crippen molar-refractivity contribution in [1.29, 1.82) is 0 Å². The first kappa shape index (κ1) is 36.0. The van der Waals surface area contributed by atoms with Gasteiger partial charge in [0.05, 0.1) is 26.0 Å². The number of aromatic nitrogens is 4. The summed E-state index contributed by atoms with van der Waals surface area (Å²) in [7, 11) is -0.423. The van der Waals surface area contributed by atoms with Gasteiger partial charge in [0.2, 0.25) is 0 Å². The first-order valence-corrected chi connectivity index (χ1v) is 21.1. The van der Waals surface area contributed by atoms with E-state index < -0.39 is 38.4 Å². The van der Waals surface area contributed by atoms with Crippen molar-refractivity contribution in [3.8, 4) is 5.75 Å². The van der Waals surface area contributed by atoms with E-state index in [-0.39, 0.29) is 5.04 Å². The van der Waals surface area contributed by atoms with E-state index in [2.05, 4.69) is 80.6 Å². The number of imidazole rings is 1. The Hall–Kier alpha value is -3.78. The SMILES string of the molecule is COc1ccc(C(Nc2ncnc3c2ncn3[C@@H]2O[C@H](CO[Si](C)(C)C(C)(C)C)[C@@H](OCSC)[C@H]2O)(c2ccccc2)c2ccccc2)cc1. The minimum atomic E-state index is -2.08. The first-order chi connectivity index (χ1) is 24.0. The average Bonchev–Trinajstić information content (AvgIpc) is 3.69. The quantitative estimate of drug-likeness (QED) is 0.0737. The van der Waals surface area contributed by atoms with Gasteiger partial charge in [-0.05, 0) is 53.2 Å². The zero-order valence-corrected chi connectivity index (χ0v) is 31.6. The molecule has 3 aromatic carbocycles. The molecule has 2 aromatic heterocycles. The van der Waals surface area contributed by atoms with E-state index in [4.69, 9.17) is 28.6 Å². The number of nitrogens with one attached hydrogen (secondary N) is 1. The fraction of sp³-hybridized carbons (Fsp3) is 0.395. The average molecular weight is 714 g/mol. The van der Waals surface area contributed by atoms with Crippen molar-refractivity contribution < 1.29 is 23.7 Å². The Labute approximate surface area is 299 Å². The van der Waals surface area contributed by atoms with Gasteiger partial charge in [0.1, 0.15) is 35.9 Å². The van der Waals surface area contributed by atoms with E-state index in [1.54, 1.807) is 29.8 Å². The molecule has 12 heteroatoms. The molecular formula is C38H47N5O5SSi. The van der Waals surface area contributed by atoms with Crippen molar-refractivity contribution in [2.45, 2.75) is 69.0 Å². The number of methoxy groups -OCH3 is 1. The molecule has 50 heavy (non-hydrogen) atoms. The van der Waals surface area contributed by atoms with Crippen LogP contribution in [-0.4, -0.2) is 77.2 Å². The molecule has 2 N–H and O–H groups in total. The molecule has 1 aliphatic rings. The van der Waals surface area contributed by atoms with Gasteiger partial charge in [-0.15, -0.1) is 11.8 Å². The molecule has 0 saturated carbocycles. The number of anilines is 1. The number of hydrogen-bond acceptors (Lipinski definition) is 10. The number of hydrogen-bond donors (Lipinski definition) is 2. The lowest BCUT2D eigenvalue weighted by atomic mass is 9.77. The summed E-state index contributed by atoms with van der Waals surface area (Å²) in [6.45, 7) is 11.3. The molecule has 6 rings (SSSR count). The topological polar surface area (TPSA) is 113 Å². The largest absolute Gasteiger partial charge is 0.497 e. The zero-order chi connectivity index (χ0) is 35.5. The fourth-order valence-corrected chi connectivity index (χ4v) is 7.49. The Morgan fingerprint density at radius 1 is 0.900 bits per heavy atom. The van der Waals surface area contributed by atoms with Gasteiger partial charge in [0, 0.05) is 0 Å². The maximum Gasteiger partial charge on any atom is 0.192 e. The van der Waals surface area contributed by atoms with Gasteiger partial charge in [-0.2, -0.15) is 0 Å². The van der Waals surface area contributed by atoms with Crippen LogP contribution in [0.2, 0.25) is 18.1 Å². The maximum absolute atomic E-state index is 11.7. The van der Waals surface area contributed by atoms with Gasteiger partial charge >= 0.3 is 0 Å². The van der Waals surface area contributed by atoms with Crippen LogP contribution in [0.15, 0.2) is 97.6 Å². The van der Waals surface area contributed by atoms with Crippen LogP contribution >= 0.6 is 11.8 Å². The van der Waals surface area contributed by atoms with Crippen LogP contribution in [0, 0.1) is 0 Å². The second-order valence-corrected chi connectivity index (χ2v) is 19.7. The normalized spacial score (nSPS) is 19.9. The number of rotatable bonds is 13. The summed E-state index contributed by atoms with van der Waals surface area (Å²) >= 11 is 1.55. The smallest absolute Gasteiger partial charge is 0.192 e. The van der Waals surface area contributed by atoms with E-state index in [0.29, 0.717) is 29.5 Å². The van der Waals surface area contributed by atoms with Crippen molar-refractivity contribution >= 4 is 37.1 Å². The van der Waals surface area contributed by atoms with Crippen molar-refractivity contribution in [3.63, 3.8) is 0 Å². The van der Waals surface area contributed by atoms with Crippen LogP contribution in [0.3, 0.4) is 0 Å². The number of aliphatic hydroxyl groups excluding tert-OH is 1. The highest BCUT2D eigenvalue weighted by Gasteiger charge is 2.48. The standard InChI is InChI=1S/C38H47N5O5SSi/c1-37(2,3)50(6,7)47-22-30-33(46-25-49-5)32(44)36(48-30)43-24-41-31-34(39-23-40-35(31)43)42-38(26-14-10-8-11-15-26,27-16-12-9-13-17-27)28-18-20-29(45-4)21-19-28/h8-21,23-24,30,32-33,36,44H,22,25H2,1-7H3,(H,39,40,42)/t30-,32-,33-,36-/m1/s1. The number of benzene rings is 3. The fourth-order valence-electron chi connectivity index (χ4n) is 6.18. The second kappa shape index (κ2) is 14.8. The summed E-state index contributed by atoms with van der Waals surface area (Å²) in [5.74, 6) is 1.70. The molecule has 1 aliphatic heterocycles. The van der Waals surface area contributed by atoms with E-state index in [9.17, 15) is 5.11 Å².